The van der Waals surface area contributed by atoms with Gasteiger partial charge in [0.15, 0.2) is 0 Å². The van der Waals surface area contributed by atoms with E-state index in [4.69, 9.17) is 0 Å². The van der Waals surface area contributed by atoms with Crippen molar-refractivity contribution in [2.75, 3.05) is 32.0 Å². The number of rotatable bonds is 3. The Labute approximate surface area is 113 Å². The van der Waals surface area contributed by atoms with E-state index < -0.39 is 0 Å². The highest BCUT2D eigenvalue weighted by Gasteiger charge is 2.16. The molecule has 0 atom stereocenters. The highest BCUT2D eigenvalue weighted by atomic mass is 79.9. The molecule has 1 fully saturated rings. The van der Waals surface area contributed by atoms with Crippen LogP contribution in [-0.2, 0) is 0 Å². The lowest BCUT2D eigenvalue weighted by Gasteiger charge is -2.29. The maximum atomic E-state index is 3.64. The lowest BCUT2D eigenvalue weighted by molar-refractivity contribution is 0.226. The summed E-state index contributed by atoms with van der Waals surface area (Å²) in [5.41, 5.74) is 2.52. The quantitative estimate of drug-likeness (QED) is 0.918. The van der Waals surface area contributed by atoms with E-state index in [1.165, 1.54) is 41.7 Å². The van der Waals surface area contributed by atoms with Crippen molar-refractivity contribution in [3.05, 3.63) is 28.2 Å². The van der Waals surface area contributed by atoms with Crippen LogP contribution in [0, 0.1) is 12.8 Å². The van der Waals surface area contributed by atoms with E-state index in [0.29, 0.717) is 0 Å². The van der Waals surface area contributed by atoms with Crippen molar-refractivity contribution in [1.29, 1.82) is 0 Å². The van der Waals surface area contributed by atoms with Crippen molar-refractivity contribution >= 4 is 21.6 Å². The zero-order valence-electron chi connectivity index (χ0n) is 10.7. The number of benzene rings is 1. The summed E-state index contributed by atoms with van der Waals surface area (Å²) in [6.45, 7) is 5.70. The molecule has 1 saturated heterocycles. The first-order chi connectivity index (χ1) is 8.16. The second-order valence-corrected chi connectivity index (χ2v) is 5.86. The van der Waals surface area contributed by atoms with Gasteiger partial charge in [-0.05, 0) is 73.4 Å². The predicted molar refractivity (Wildman–Crippen MR) is 77.6 cm³/mol. The molecular weight excluding hydrogens is 276 g/mol. The molecule has 1 aromatic carbocycles. The number of nitrogens with one attached hydrogen (secondary N) is 1. The van der Waals surface area contributed by atoms with Gasteiger partial charge in [-0.15, -0.1) is 0 Å². The standard InChI is InChI=1S/C14H21BrN2/c1-11-4-3-5-13(14(11)15)16-10-12-6-8-17(2)9-7-12/h3-5,12,16H,6-10H2,1-2H3. The molecule has 0 radical (unpaired) electrons. The summed E-state index contributed by atoms with van der Waals surface area (Å²) in [7, 11) is 2.21. The Kier molecular flexibility index (Phi) is 4.46. The number of likely N-dealkylation sites (tertiary alicyclic amines) is 1. The molecule has 2 nitrogen and oxygen atoms in total. The number of hydrogen-bond acceptors (Lipinski definition) is 2. The summed E-state index contributed by atoms with van der Waals surface area (Å²) in [6, 6.07) is 6.38. The van der Waals surface area contributed by atoms with Crippen LogP contribution in [0.25, 0.3) is 0 Å². The van der Waals surface area contributed by atoms with E-state index in [-0.39, 0.29) is 0 Å². The lowest BCUT2D eigenvalue weighted by atomic mass is 9.97. The van der Waals surface area contributed by atoms with Crippen LogP contribution in [0.4, 0.5) is 5.69 Å². The van der Waals surface area contributed by atoms with Gasteiger partial charge >= 0.3 is 0 Å². The van der Waals surface area contributed by atoms with Crippen molar-refractivity contribution in [2.24, 2.45) is 5.92 Å². The number of piperidine rings is 1. The van der Waals surface area contributed by atoms with Gasteiger partial charge in [-0.2, -0.15) is 0 Å². The van der Waals surface area contributed by atoms with Crippen LogP contribution >= 0.6 is 15.9 Å². The molecule has 1 aromatic rings. The summed E-state index contributed by atoms with van der Waals surface area (Å²) >= 11 is 3.64. The van der Waals surface area contributed by atoms with Crippen molar-refractivity contribution in [1.82, 2.24) is 4.90 Å². The zero-order chi connectivity index (χ0) is 12.3. The van der Waals surface area contributed by atoms with Crippen LogP contribution in [-0.4, -0.2) is 31.6 Å². The summed E-state index contributed by atoms with van der Waals surface area (Å²) in [4.78, 5) is 2.42. The average molecular weight is 297 g/mol. The van der Waals surface area contributed by atoms with E-state index in [9.17, 15) is 0 Å². The topological polar surface area (TPSA) is 15.3 Å². The Morgan fingerprint density at radius 3 is 2.76 bits per heavy atom. The molecule has 2 rings (SSSR count). The maximum Gasteiger partial charge on any atom is 0.0487 e. The van der Waals surface area contributed by atoms with Gasteiger partial charge in [-0.3, -0.25) is 0 Å². The lowest BCUT2D eigenvalue weighted by Crippen LogP contribution is -2.32. The molecule has 0 unspecified atom stereocenters. The summed E-state index contributed by atoms with van der Waals surface area (Å²) in [5, 5.41) is 3.57. The molecule has 94 valence electrons. The third-order valence-corrected chi connectivity index (χ3v) is 4.66. The van der Waals surface area contributed by atoms with Gasteiger partial charge in [0.25, 0.3) is 0 Å². The number of anilines is 1. The van der Waals surface area contributed by atoms with Crippen molar-refractivity contribution in [3.63, 3.8) is 0 Å². The van der Waals surface area contributed by atoms with Crippen molar-refractivity contribution < 1.29 is 0 Å². The van der Waals surface area contributed by atoms with E-state index in [1.54, 1.807) is 0 Å². The molecule has 1 aliphatic heterocycles. The second kappa shape index (κ2) is 5.87. The number of hydrogen-bond donors (Lipinski definition) is 1. The van der Waals surface area contributed by atoms with E-state index >= 15 is 0 Å². The van der Waals surface area contributed by atoms with E-state index in [2.05, 4.69) is 58.3 Å². The van der Waals surface area contributed by atoms with Crippen LogP contribution in [0.3, 0.4) is 0 Å². The molecule has 1 aliphatic rings. The monoisotopic (exact) mass is 296 g/mol. The minimum absolute atomic E-state index is 0.818. The Balaban J connectivity index is 1.87. The first kappa shape index (κ1) is 12.9. The highest BCUT2D eigenvalue weighted by Crippen LogP contribution is 2.26. The third kappa shape index (κ3) is 3.46. The van der Waals surface area contributed by atoms with Gasteiger partial charge < -0.3 is 10.2 Å². The van der Waals surface area contributed by atoms with Gasteiger partial charge in [0.1, 0.15) is 0 Å². The molecule has 1 N–H and O–H groups in total. The third-order valence-electron chi connectivity index (χ3n) is 3.61. The van der Waals surface area contributed by atoms with Crippen LogP contribution in [0.15, 0.2) is 22.7 Å². The maximum absolute atomic E-state index is 3.64. The normalized spacial score (nSPS) is 18.3. The van der Waals surface area contributed by atoms with Crippen molar-refractivity contribution in [2.45, 2.75) is 19.8 Å². The summed E-state index contributed by atoms with van der Waals surface area (Å²) < 4.78 is 1.20. The smallest absolute Gasteiger partial charge is 0.0487 e. The Bertz CT molecular complexity index is 370. The fraction of sp³-hybridized carbons (Fsp3) is 0.571. The van der Waals surface area contributed by atoms with Gasteiger partial charge in [0.05, 0.1) is 0 Å². The molecule has 0 aliphatic carbocycles. The molecule has 3 heteroatoms. The molecule has 0 bridgehead atoms. The minimum atomic E-state index is 0.818. The summed E-state index contributed by atoms with van der Waals surface area (Å²) in [6.07, 6.45) is 2.62. The van der Waals surface area contributed by atoms with E-state index in [0.717, 1.165) is 12.5 Å². The number of nitrogens with zero attached hydrogens (tertiary/aromatic N) is 1. The number of aryl methyl sites for hydroxylation is 1. The highest BCUT2D eigenvalue weighted by molar-refractivity contribution is 9.10. The predicted octanol–water partition coefficient (Wildman–Crippen LogP) is 3.51. The fourth-order valence-electron chi connectivity index (χ4n) is 2.30. The summed E-state index contributed by atoms with van der Waals surface area (Å²) in [5.74, 6) is 0.818. The van der Waals surface area contributed by atoms with E-state index in [1.807, 2.05) is 0 Å². The van der Waals surface area contributed by atoms with Crippen LogP contribution in [0.1, 0.15) is 18.4 Å². The molecule has 0 saturated carbocycles. The van der Waals surface area contributed by atoms with Crippen LogP contribution in [0.5, 0.6) is 0 Å². The van der Waals surface area contributed by atoms with Crippen LogP contribution < -0.4 is 5.32 Å². The fourth-order valence-corrected chi connectivity index (χ4v) is 2.71. The van der Waals surface area contributed by atoms with Gasteiger partial charge in [0.2, 0.25) is 0 Å². The minimum Gasteiger partial charge on any atom is -0.384 e. The molecular formula is C14H21BrN2. The molecule has 1 heterocycles. The van der Waals surface area contributed by atoms with Gasteiger partial charge in [-0.25, -0.2) is 0 Å². The molecule has 0 amide bonds. The largest absolute Gasteiger partial charge is 0.384 e. The first-order valence-corrected chi connectivity index (χ1v) is 7.13. The molecule has 0 aromatic heterocycles. The van der Waals surface area contributed by atoms with Gasteiger partial charge in [-0.1, -0.05) is 12.1 Å². The number of halogens is 1. The first-order valence-electron chi connectivity index (χ1n) is 6.34. The Morgan fingerprint density at radius 2 is 2.06 bits per heavy atom. The zero-order valence-corrected chi connectivity index (χ0v) is 12.3. The molecule has 0 spiro atoms. The second-order valence-electron chi connectivity index (χ2n) is 5.06. The van der Waals surface area contributed by atoms with Crippen LogP contribution in [0.2, 0.25) is 0 Å². The molecule has 17 heavy (non-hydrogen) atoms. The average Bonchev–Trinajstić information content (AvgIpc) is 2.33. The Hall–Kier alpha value is -0.540. The van der Waals surface area contributed by atoms with Gasteiger partial charge in [0, 0.05) is 16.7 Å². The Morgan fingerprint density at radius 1 is 1.35 bits per heavy atom. The van der Waals surface area contributed by atoms with Crippen molar-refractivity contribution in [3.8, 4) is 0 Å². The SMILES string of the molecule is Cc1cccc(NCC2CCN(C)CC2)c1Br.